The van der Waals surface area contributed by atoms with Crippen LogP contribution < -0.4 is 15.4 Å². The molecule has 0 amide bonds. The topological polar surface area (TPSA) is 109 Å². The van der Waals surface area contributed by atoms with E-state index >= 15 is 0 Å². The zero-order valence-corrected chi connectivity index (χ0v) is 11.5. The minimum absolute atomic E-state index is 0.0000453. The summed E-state index contributed by atoms with van der Waals surface area (Å²) in [5.74, 6) is 0.509. The minimum Gasteiger partial charge on any atom is -0.406 e. The molecule has 0 aliphatic heterocycles. The highest BCUT2D eigenvalue weighted by atomic mass is 32.2. The number of anilines is 1. The molecule has 18 heavy (non-hydrogen) atoms. The molecule has 0 saturated carbocycles. The Hall–Kier alpha value is -1.19. The summed E-state index contributed by atoms with van der Waals surface area (Å²) >= 11 is 0. The third-order valence-corrected chi connectivity index (χ3v) is 2.97. The Balaban J connectivity index is 2.25. The predicted molar refractivity (Wildman–Crippen MR) is 67.7 cm³/mol. The Morgan fingerprint density at radius 3 is 2.67 bits per heavy atom. The quantitative estimate of drug-likeness (QED) is 0.560. The number of aromatic nitrogens is 2. The number of nitrogens with one attached hydrogen (secondary N) is 3. The molecule has 0 aliphatic carbocycles. The van der Waals surface area contributed by atoms with E-state index in [9.17, 15) is 8.42 Å². The van der Waals surface area contributed by atoms with Gasteiger partial charge in [0.1, 0.15) is 0 Å². The lowest BCUT2D eigenvalue weighted by atomic mass is 10.3. The first-order chi connectivity index (χ1) is 8.42. The molecular formula is C9H19N5O3S. The van der Waals surface area contributed by atoms with Gasteiger partial charge in [0.05, 0.1) is 12.3 Å². The van der Waals surface area contributed by atoms with Crippen LogP contribution in [0, 0.1) is 0 Å². The van der Waals surface area contributed by atoms with Crippen LogP contribution >= 0.6 is 0 Å². The fourth-order valence-corrected chi connectivity index (χ4v) is 1.66. The van der Waals surface area contributed by atoms with Crippen LogP contribution in [-0.4, -0.2) is 45.0 Å². The molecule has 0 bridgehead atoms. The number of hydrogen-bond donors (Lipinski definition) is 3. The van der Waals surface area contributed by atoms with E-state index in [0.717, 1.165) is 6.26 Å². The van der Waals surface area contributed by atoms with Crippen molar-refractivity contribution in [2.24, 2.45) is 0 Å². The lowest BCUT2D eigenvalue weighted by Crippen LogP contribution is -2.24. The SMILES string of the molecule is CNC(C)c1nnc(NCCCNS(C)(=O)=O)o1. The lowest BCUT2D eigenvalue weighted by Gasteiger charge is -2.03. The van der Waals surface area contributed by atoms with Crippen molar-refractivity contribution in [3.63, 3.8) is 0 Å². The molecule has 1 aromatic heterocycles. The Labute approximate surface area is 107 Å². The van der Waals surface area contributed by atoms with Crippen molar-refractivity contribution < 1.29 is 12.8 Å². The van der Waals surface area contributed by atoms with Gasteiger partial charge in [-0.1, -0.05) is 5.10 Å². The molecule has 0 spiro atoms. The Kier molecular flexibility index (Phi) is 5.51. The Morgan fingerprint density at radius 1 is 1.33 bits per heavy atom. The van der Waals surface area contributed by atoms with Crippen LogP contribution in [-0.2, 0) is 10.0 Å². The molecule has 1 rings (SSSR count). The zero-order valence-electron chi connectivity index (χ0n) is 10.7. The van der Waals surface area contributed by atoms with Gasteiger partial charge in [0.15, 0.2) is 0 Å². The molecule has 0 aromatic carbocycles. The van der Waals surface area contributed by atoms with Crippen LogP contribution in [0.25, 0.3) is 0 Å². The fourth-order valence-electron chi connectivity index (χ4n) is 1.15. The lowest BCUT2D eigenvalue weighted by molar-refractivity contribution is 0.441. The molecule has 1 aromatic rings. The molecule has 1 atom stereocenters. The van der Waals surface area contributed by atoms with E-state index in [-0.39, 0.29) is 6.04 Å². The molecule has 104 valence electrons. The molecule has 3 N–H and O–H groups in total. The second-order valence-corrected chi connectivity index (χ2v) is 5.74. The van der Waals surface area contributed by atoms with Gasteiger partial charge in [-0.2, -0.15) is 0 Å². The summed E-state index contributed by atoms with van der Waals surface area (Å²) in [6, 6.07) is 0.339. The highest BCUT2D eigenvalue weighted by molar-refractivity contribution is 7.88. The first-order valence-electron chi connectivity index (χ1n) is 5.61. The summed E-state index contributed by atoms with van der Waals surface area (Å²) in [6.45, 7) is 2.84. The summed E-state index contributed by atoms with van der Waals surface area (Å²) < 4.78 is 29.3. The Bertz CT molecular complexity index is 459. The van der Waals surface area contributed by atoms with Gasteiger partial charge in [-0.05, 0) is 20.4 Å². The molecule has 1 unspecified atom stereocenters. The van der Waals surface area contributed by atoms with E-state index in [0.29, 0.717) is 31.4 Å². The molecule has 8 nitrogen and oxygen atoms in total. The molecule has 9 heteroatoms. The molecule has 0 radical (unpaired) electrons. The van der Waals surface area contributed by atoms with E-state index in [1.165, 1.54) is 0 Å². The van der Waals surface area contributed by atoms with Crippen LogP contribution in [0.2, 0.25) is 0 Å². The van der Waals surface area contributed by atoms with E-state index in [1.54, 1.807) is 7.05 Å². The Morgan fingerprint density at radius 2 is 2.06 bits per heavy atom. The first kappa shape index (κ1) is 14.9. The van der Waals surface area contributed by atoms with Crippen LogP contribution in [0.15, 0.2) is 4.42 Å². The van der Waals surface area contributed by atoms with Gasteiger partial charge in [0, 0.05) is 13.1 Å². The molecular weight excluding hydrogens is 258 g/mol. The number of sulfonamides is 1. The normalized spacial score (nSPS) is 13.5. The van der Waals surface area contributed by atoms with Crippen LogP contribution in [0.3, 0.4) is 0 Å². The van der Waals surface area contributed by atoms with Gasteiger partial charge >= 0.3 is 6.01 Å². The van der Waals surface area contributed by atoms with Crippen molar-refractivity contribution in [1.82, 2.24) is 20.2 Å². The van der Waals surface area contributed by atoms with Crippen molar-refractivity contribution in [3.05, 3.63) is 5.89 Å². The highest BCUT2D eigenvalue weighted by Gasteiger charge is 2.11. The van der Waals surface area contributed by atoms with Crippen molar-refractivity contribution in [3.8, 4) is 0 Å². The van der Waals surface area contributed by atoms with Crippen molar-refractivity contribution in [1.29, 1.82) is 0 Å². The average molecular weight is 277 g/mol. The van der Waals surface area contributed by atoms with Gasteiger partial charge in [0.2, 0.25) is 15.9 Å². The van der Waals surface area contributed by atoms with E-state index in [2.05, 4.69) is 25.6 Å². The van der Waals surface area contributed by atoms with Gasteiger partial charge in [0.25, 0.3) is 0 Å². The van der Waals surface area contributed by atoms with Crippen LogP contribution in [0.1, 0.15) is 25.3 Å². The van der Waals surface area contributed by atoms with Crippen LogP contribution in [0.4, 0.5) is 6.01 Å². The monoisotopic (exact) mass is 277 g/mol. The minimum atomic E-state index is -3.12. The summed E-state index contributed by atoms with van der Waals surface area (Å²) in [6.07, 6.45) is 1.76. The van der Waals surface area contributed by atoms with Crippen molar-refractivity contribution in [2.75, 3.05) is 31.7 Å². The molecule has 0 aliphatic rings. The van der Waals surface area contributed by atoms with Crippen LogP contribution in [0.5, 0.6) is 0 Å². The predicted octanol–water partition coefficient (Wildman–Crippen LogP) is -0.299. The second kappa shape index (κ2) is 6.66. The summed E-state index contributed by atoms with van der Waals surface area (Å²) in [5.41, 5.74) is 0. The number of rotatable bonds is 8. The number of hydrogen-bond acceptors (Lipinski definition) is 7. The summed E-state index contributed by atoms with van der Waals surface area (Å²) in [4.78, 5) is 0. The summed E-state index contributed by atoms with van der Waals surface area (Å²) in [7, 11) is -1.31. The van der Waals surface area contributed by atoms with E-state index < -0.39 is 10.0 Å². The largest absolute Gasteiger partial charge is 0.406 e. The highest BCUT2D eigenvalue weighted by Crippen LogP contribution is 2.12. The van der Waals surface area contributed by atoms with E-state index in [4.69, 9.17) is 4.42 Å². The summed E-state index contributed by atoms with van der Waals surface area (Å²) in [5, 5.41) is 13.6. The number of nitrogens with zero attached hydrogens (tertiary/aromatic N) is 2. The second-order valence-electron chi connectivity index (χ2n) is 3.90. The van der Waals surface area contributed by atoms with Gasteiger partial charge in [-0.3, -0.25) is 0 Å². The first-order valence-corrected chi connectivity index (χ1v) is 7.50. The van der Waals surface area contributed by atoms with Crippen molar-refractivity contribution >= 4 is 16.0 Å². The maximum absolute atomic E-state index is 10.8. The molecule has 0 fully saturated rings. The fraction of sp³-hybridized carbons (Fsp3) is 0.778. The molecule has 1 heterocycles. The van der Waals surface area contributed by atoms with Gasteiger partial charge in [-0.15, -0.1) is 5.10 Å². The maximum Gasteiger partial charge on any atom is 0.315 e. The van der Waals surface area contributed by atoms with Crippen molar-refractivity contribution in [2.45, 2.75) is 19.4 Å². The van der Waals surface area contributed by atoms with E-state index in [1.807, 2.05) is 6.92 Å². The average Bonchev–Trinajstić information content (AvgIpc) is 2.75. The standard InChI is InChI=1S/C9H19N5O3S/c1-7(10-2)8-13-14-9(17-8)11-5-4-6-12-18(3,15)16/h7,10,12H,4-6H2,1-3H3,(H,11,14). The third-order valence-electron chi connectivity index (χ3n) is 2.24. The smallest absolute Gasteiger partial charge is 0.315 e. The third kappa shape index (κ3) is 5.43. The maximum atomic E-state index is 10.8. The van der Waals surface area contributed by atoms with Gasteiger partial charge in [-0.25, -0.2) is 13.1 Å². The zero-order chi connectivity index (χ0) is 13.6. The molecule has 0 saturated heterocycles. The van der Waals surface area contributed by atoms with Gasteiger partial charge < -0.3 is 15.1 Å².